The highest BCUT2D eigenvalue weighted by Gasteiger charge is 2.17. The maximum absolute atomic E-state index is 12.5. The van der Waals surface area contributed by atoms with Crippen LogP contribution < -0.4 is 9.44 Å². The van der Waals surface area contributed by atoms with Crippen LogP contribution in [0.25, 0.3) is 0 Å². The molecule has 29 heavy (non-hydrogen) atoms. The van der Waals surface area contributed by atoms with Crippen LogP contribution in [0.1, 0.15) is 0 Å². The molecule has 0 aliphatic heterocycles. The summed E-state index contributed by atoms with van der Waals surface area (Å²) in [7, 11) is -7.62. The first kappa shape index (κ1) is 21.5. The van der Waals surface area contributed by atoms with E-state index in [9.17, 15) is 16.8 Å². The Bertz CT molecular complexity index is 1210. The smallest absolute Gasteiger partial charge is 0.261 e. The predicted molar refractivity (Wildman–Crippen MR) is 118 cm³/mol. The minimum atomic E-state index is -3.84. The van der Waals surface area contributed by atoms with Crippen molar-refractivity contribution < 1.29 is 16.8 Å². The molecular formula is C19H17ClN2O4S3. The van der Waals surface area contributed by atoms with Crippen molar-refractivity contribution in [3.8, 4) is 0 Å². The van der Waals surface area contributed by atoms with Gasteiger partial charge in [0.05, 0.1) is 15.5 Å². The Balaban J connectivity index is 1.77. The van der Waals surface area contributed by atoms with Crippen molar-refractivity contribution >= 4 is 54.8 Å². The topological polar surface area (TPSA) is 92.3 Å². The van der Waals surface area contributed by atoms with Gasteiger partial charge in [-0.15, -0.1) is 11.8 Å². The first-order valence-corrected chi connectivity index (χ1v) is 12.8. The van der Waals surface area contributed by atoms with Crippen LogP contribution in [0.2, 0.25) is 5.02 Å². The fourth-order valence-corrected chi connectivity index (χ4v) is 5.14. The molecular weight excluding hydrogens is 452 g/mol. The Morgan fingerprint density at radius 1 is 0.724 bits per heavy atom. The van der Waals surface area contributed by atoms with Crippen LogP contribution in [0.5, 0.6) is 0 Å². The molecule has 0 atom stereocenters. The zero-order valence-corrected chi connectivity index (χ0v) is 18.4. The molecule has 2 N–H and O–H groups in total. The summed E-state index contributed by atoms with van der Waals surface area (Å²) in [5.41, 5.74) is 0.580. The van der Waals surface area contributed by atoms with Crippen LogP contribution in [-0.2, 0) is 20.0 Å². The third-order valence-corrected chi connectivity index (χ3v) is 7.64. The van der Waals surface area contributed by atoms with Crippen LogP contribution >= 0.6 is 23.4 Å². The zero-order valence-electron chi connectivity index (χ0n) is 15.2. The van der Waals surface area contributed by atoms with Gasteiger partial charge >= 0.3 is 0 Å². The molecule has 152 valence electrons. The number of hydrogen-bond donors (Lipinski definition) is 2. The minimum absolute atomic E-state index is 0.00949. The van der Waals surface area contributed by atoms with Crippen LogP contribution in [0.3, 0.4) is 0 Å². The fourth-order valence-electron chi connectivity index (χ4n) is 2.44. The van der Waals surface area contributed by atoms with Crippen molar-refractivity contribution in [2.45, 2.75) is 14.7 Å². The van der Waals surface area contributed by atoms with Crippen LogP contribution in [0.4, 0.5) is 11.4 Å². The normalized spacial score (nSPS) is 11.8. The molecule has 0 radical (unpaired) electrons. The second-order valence-corrected chi connectivity index (χ2v) is 10.6. The summed E-state index contributed by atoms with van der Waals surface area (Å²) in [4.78, 5) is 1.06. The van der Waals surface area contributed by atoms with E-state index in [1.54, 1.807) is 30.3 Å². The fraction of sp³-hybridized carbons (Fsp3) is 0.0526. The standard InChI is InChI=1S/C19H17ClN2O4S3/c1-27-17-7-11-19(12-8-17)28(23,24)21-15-5-9-18(10-6-15)29(25,26)22-16-4-2-3-14(20)13-16/h2-13,21-22H,1H3. The molecule has 10 heteroatoms. The average molecular weight is 469 g/mol. The van der Waals surface area contributed by atoms with E-state index in [2.05, 4.69) is 9.44 Å². The molecule has 0 spiro atoms. The highest BCUT2D eigenvalue weighted by Crippen LogP contribution is 2.23. The molecule has 0 aromatic heterocycles. The maximum atomic E-state index is 12.5. The first-order valence-electron chi connectivity index (χ1n) is 8.25. The molecule has 3 aromatic carbocycles. The van der Waals surface area contributed by atoms with Crippen LogP contribution in [0.15, 0.2) is 87.5 Å². The number of anilines is 2. The van der Waals surface area contributed by atoms with Gasteiger partial charge in [0.15, 0.2) is 0 Å². The van der Waals surface area contributed by atoms with Crippen molar-refractivity contribution in [2.75, 3.05) is 15.7 Å². The number of rotatable bonds is 7. The highest BCUT2D eigenvalue weighted by atomic mass is 35.5. The van der Waals surface area contributed by atoms with Crippen LogP contribution in [0, 0.1) is 0 Å². The van der Waals surface area contributed by atoms with Crippen LogP contribution in [-0.4, -0.2) is 23.1 Å². The molecule has 0 amide bonds. The van der Waals surface area contributed by atoms with Gasteiger partial charge in [0, 0.05) is 15.6 Å². The quantitative estimate of drug-likeness (QED) is 0.492. The monoisotopic (exact) mass is 468 g/mol. The summed E-state index contributed by atoms with van der Waals surface area (Å²) in [6.45, 7) is 0. The molecule has 0 unspecified atom stereocenters. The number of nitrogens with one attached hydrogen (secondary N) is 2. The van der Waals surface area contributed by atoms with Crippen molar-refractivity contribution in [1.82, 2.24) is 0 Å². The van der Waals surface area contributed by atoms with Gasteiger partial charge in [-0.05, 0) is 73.0 Å². The lowest BCUT2D eigenvalue weighted by atomic mass is 10.3. The van der Waals surface area contributed by atoms with Gasteiger partial charge in [0.25, 0.3) is 20.0 Å². The molecule has 0 saturated heterocycles. The van der Waals surface area contributed by atoms with Gasteiger partial charge in [0.1, 0.15) is 0 Å². The Morgan fingerprint density at radius 2 is 1.24 bits per heavy atom. The molecule has 0 heterocycles. The lowest BCUT2D eigenvalue weighted by Crippen LogP contribution is -2.14. The van der Waals surface area contributed by atoms with Gasteiger partial charge < -0.3 is 0 Å². The van der Waals surface area contributed by atoms with E-state index in [1.807, 2.05) is 6.26 Å². The second kappa shape index (κ2) is 8.66. The number of halogens is 1. The highest BCUT2D eigenvalue weighted by molar-refractivity contribution is 7.98. The van der Waals surface area contributed by atoms with Gasteiger partial charge in [-0.1, -0.05) is 17.7 Å². The van der Waals surface area contributed by atoms with Crippen molar-refractivity contribution in [2.24, 2.45) is 0 Å². The maximum Gasteiger partial charge on any atom is 0.261 e. The lowest BCUT2D eigenvalue weighted by Gasteiger charge is -2.11. The van der Waals surface area contributed by atoms with Gasteiger partial charge in [-0.2, -0.15) is 0 Å². The van der Waals surface area contributed by atoms with Crippen molar-refractivity contribution in [3.05, 3.63) is 77.8 Å². The van der Waals surface area contributed by atoms with E-state index in [1.165, 1.54) is 54.2 Å². The predicted octanol–water partition coefficient (Wildman–Crippen LogP) is 4.66. The summed E-state index contributed by atoms with van der Waals surface area (Å²) in [6, 6.07) is 18.2. The molecule has 0 bridgehead atoms. The largest absolute Gasteiger partial charge is 0.280 e. The first-order chi connectivity index (χ1) is 13.7. The third kappa shape index (κ3) is 5.45. The third-order valence-electron chi connectivity index (χ3n) is 3.86. The Morgan fingerprint density at radius 3 is 1.76 bits per heavy atom. The zero-order chi connectivity index (χ0) is 21.1. The van der Waals surface area contributed by atoms with Crippen molar-refractivity contribution in [3.63, 3.8) is 0 Å². The summed E-state index contributed by atoms with van der Waals surface area (Å²) >= 11 is 7.38. The number of thioether (sulfide) groups is 1. The van der Waals surface area contributed by atoms with Gasteiger partial charge in [-0.25, -0.2) is 16.8 Å². The average Bonchev–Trinajstić information content (AvgIpc) is 2.68. The Kier molecular flexibility index (Phi) is 6.42. The molecule has 3 aromatic rings. The SMILES string of the molecule is CSc1ccc(S(=O)(=O)Nc2ccc(S(=O)(=O)Nc3cccc(Cl)c3)cc2)cc1. The molecule has 0 fully saturated rings. The number of benzene rings is 3. The molecule has 6 nitrogen and oxygen atoms in total. The Labute approximate surface area is 179 Å². The minimum Gasteiger partial charge on any atom is -0.280 e. The van der Waals surface area contributed by atoms with Gasteiger partial charge in [-0.3, -0.25) is 9.44 Å². The molecule has 0 aliphatic carbocycles. The second-order valence-electron chi connectivity index (χ2n) is 5.92. The lowest BCUT2D eigenvalue weighted by molar-refractivity contribution is 0.600. The molecule has 3 rings (SSSR count). The van der Waals surface area contributed by atoms with Crippen molar-refractivity contribution in [1.29, 1.82) is 0 Å². The Hall–Kier alpha value is -2.20. The van der Waals surface area contributed by atoms with E-state index >= 15 is 0 Å². The number of sulfonamides is 2. The van der Waals surface area contributed by atoms with E-state index < -0.39 is 20.0 Å². The van der Waals surface area contributed by atoms with Gasteiger partial charge in [0.2, 0.25) is 0 Å². The summed E-state index contributed by atoms with van der Waals surface area (Å²) in [5, 5.41) is 0.403. The van der Waals surface area contributed by atoms with E-state index in [-0.39, 0.29) is 15.5 Å². The number of hydrogen-bond acceptors (Lipinski definition) is 5. The van der Waals surface area contributed by atoms with E-state index in [0.717, 1.165) is 4.90 Å². The summed E-state index contributed by atoms with van der Waals surface area (Å²) in [5.74, 6) is 0. The molecule has 0 saturated carbocycles. The van der Waals surface area contributed by atoms with E-state index in [4.69, 9.17) is 11.6 Å². The summed E-state index contributed by atoms with van der Waals surface area (Å²) < 4.78 is 54.9. The summed E-state index contributed by atoms with van der Waals surface area (Å²) in [6.07, 6.45) is 1.90. The van der Waals surface area contributed by atoms with E-state index in [0.29, 0.717) is 10.7 Å². The molecule has 0 aliphatic rings.